The molecule has 1 fully saturated rings. The smallest absolute Gasteiger partial charge is 0.0414 e. The number of hydrogen-bond donors (Lipinski definition) is 1. The van der Waals surface area contributed by atoms with Crippen LogP contribution in [0.3, 0.4) is 0 Å². The Kier molecular flexibility index (Phi) is 5.26. The highest BCUT2D eigenvalue weighted by molar-refractivity contribution is 5.55. The predicted molar refractivity (Wildman–Crippen MR) is 83.8 cm³/mol. The van der Waals surface area contributed by atoms with E-state index in [1.807, 2.05) is 7.05 Å². The number of rotatable bonds is 5. The first-order chi connectivity index (χ1) is 9.26. The van der Waals surface area contributed by atoms with E-state index in [4.69, 9.17) is 0 Å². The molecule has 0 amide bonds. The molecule has 2 heteroatoms. The Bertz CT molecular complexity index is 381. The topological polar surface area (TPSA) is 15.3 Å². The van der Waals surface area contributed by atoms with E-state index in [-0.39, 0.29) is 0 Å². The molecule has 0 spiro atoms. The minimum absolute atomic E-state index is 0.421. The zero-order valence-corrected chi connectivity index (χ0v) is 12.7. The van der Waals surface area contributed by atoms with Crippen LogP contribution in [0.5, 0.6) is 0 Å². The van der Waals surface area contributed by atoms with Crippen molar-refractivity contribution in [2.75, 3.05) is 25.0 Å². The Hall–Kier alpha value is -1.02. The lowest BCUT2D eigenvalue weighted by molar-refractivity contribution is 0.378. The SMILES string of the molecule is CCCC1CCN(c2ccccc2C(C)NC)CC1. The highest BCUT2D eigenvalue weighted by Gasteiger charge is 2.21. The van der Waals surface area contributed by atoms with Crippen molar-refractivity contribution in [1.29, 1.82) is 0 Å². The zero-order valence-electron chi connectivity index (χ0n) is 12.7. The van der Waals surface area contributed by atoms with E-state index >= 15 is 0 Å². The van der Waals surface area contributed by atoms with Crippen molar-refractivity contribution >= 4 is 5.69 Å². The number of piperidine rings is 1. The third-order valence-electron chi connectivity index (χ3n) is 4.49. The molecule has 1 heterocycles. The average Bonchev–Trinajstić information content (AvgIpc) is 2.47. The molecule has 1 aromatic carbocycles. The van der Waals surface area contributed by atoms with Crippen molar-refractivity contribution in [1.82, 2.24) is 5.32 Å². The predicted octanol–water partition coefficient (Wildman–Crippen LogP) is 3.98. The molecule has 2 nitrogen and oxygen atoms in total. The number of benzene rings is 1. The molecule has 0 bridgehead atoms. The standard InChI is InChI=1S/C17H28N2/c1-4-7-15-10-12-19(13-11-15)17-9-6-5-8-16(17)14(2)18-3/h5-6,8-9,14-15,18H,4,7,10-13H2,1-3H3. The van der Waals surface area contributed by atoms with Crippen LogP contribution in [0.15, 0.2) is 24.3 Å². The van der Waals surface area contributed by atoms with Crippen molar-refractivity contribution in [2.24, 2.45) is 5.92 Å². The van der Waals surface area contributed by atoms with E-state index in [1.165, 1.54) is 50.0 Å². The van der Waals surface area contributed by atoms with E-state index in [2.05, 4.69) is 48.3 Å². The fraction of sp³-hybridized carbons (Fsp3) is 0.647. The minimum atomic E-state index is 0.421. The summed E-state index contributed by atoms with van der Waals surface area (Å²) in [7, 11) is 2.04. The molecular weight excluding hydrogens is 232 g/mol. The van der Waals surface area contributed by atoms with Crippen molar-refractivity contribution in [3.8, 4) is 0 Å². The fourth-order valence-electron chi connectivity index (χ4n) is 3.17. The summed E-state index contributed by atoms with van der Waals surface area (Å²) in [6.45, 7) is 6.98. The Morgan fingerprint density at radius 1 is 1.26 bits per heavy atom. The van der Waals surface area contributed by atoms with Gasteiger partial charge in [0.25, 0.3) is 0 Å². The van der Waals surface area contributed by atoms with Crippen molar-refractivity contribution < 1.29 is 0 Å². The molecular formula is C17H28N2. The van der Waals surface area contributed by atoms with Crippen molar-refractivity contribution in [3.63, 3.8) is 0 Å². The molecule has 0 saturated carbocycles. The number of hydrogen-bond acceptors (Lipinski definition) is 2. The van der Waals surface area contributed by atoms with E-state index in [0.717, 1.165) is 5.92 Å². The summed E-state index contributed by atoms with van der Waals surface area (Å²) in [5, 5.41) is 3.36. The summed E-state index contributed by atoms with van der Waals surface area (Å²) in [5.41, 5.74) is 2.86. The largest absolute Gasteiger partial charge is 0.371 e. The highest BCUT2D eigenvalue weighted by atomic mass is 15.1. The molecule has 0 radical (unpaired) electrons. The zero-order chi connectivity index (χ0) is 13.7. The molecule has 106 valence electrons. The number of nitrogens with one attached hydrogen (secondary N) is 1. The van der Waals surface area contributed by atoms with Gasteiger partial charge in [0.15, 0.2) is 0 Å². The second-order valence-electron chi connectivity index (χ2n) is 5.79. The van der Waals surface area contributed by atoms with Crippen LogP contribution in [0.25, 0.3) is 0 Å². The van der Waals surface area contributed by atoms with E-state index in [1.54, 1.807) is 0 Å². The monoisotopic (exact) mass is 260 g/mol. The number of para-hydroxylation sites is 1. The molecule has 0 aromatic heterocycles. The van der Waals surface area contributed by atoms with Gasteiger partial charge in [-0.05, 0) is 44.4 Å². The second kappa shape index (κ2) is 6.95. The number of nitrogens with zero attached hydrogens (tertiary/aromatic N) is 1. The Morgan fingerprint density at radius 3 is 2.58 bits per heavy atom. The van der Waals surface area contributed by atoms with Crippen LogP contribution in [0.2, 0.25) is 0 Å². The molecule has 1 saturated heterocycles. The van der Waals surface area contributed by atoms with Gasteiger partial charge in [0.05, 0.1) is 0 Å². The Labute approximate surface area is 118 Å². The van der Waals surface area contributed by atoms with E-state index in [0.29, 0.717) is 6.04 Å². The summed E-state index contributed by atoms with van der Waals surface area (Å²) in [5.74, 6) is 0.954. The lowest BCUT2D eigenvalue weighted by atomic mass is 9.91. The summed E-state index contributed by atoms with van der Waals surface area (Å²) in [6.07, 6.45) is 5.45. The Morgan fingerprint density at radius 2 is 1.95 bits per heavy atom. The molecule has 1 N–H and O–H groups in total. The summed E-state index contributed by atoms with van der Waals surface area (Å²) in [6, 6.07) is 9.28. The summed E-state index contributed by atoms with van der Waals surface area (Å²) >= 11 is 0. The third-order valence-corrected chi connectivity index (χ3v) is 4.49. The average molecular weight is 260 g/mol. The molecule has 1 aliphatic rings. The van der Waals surface area contributed by atoms with E-state index < -0.39 is 0 Å². The lowest BCUT2D eigenvalue weighted by Gasteiger charge is -2.35. The van der Waals surface area contributed by atoms with Crippen LogP contribution in [0.1, 0.15) is 51.1 Å². The molecule has 1 aliphatic heterocycles. The maximum absolute atomic E-state index is 3.36. The number of anilines is 1. The van der Waals surface area contributed by atoms with Gasteiger partial charge in [0, 0.05) is 24.8 Å². The van der Waals surface area contributed by atoms with Gasteiger partial charge < -0.3 is 10.2 Å². The van der Waals surface area contributed by atoms with Gasteiger partial charge >= 0.3 is 0 Å². The lowest BCUT2D eigenvalue weighted by Crippen LogP contribution is -2.34. The molecule has 19 heavy (non-hydrogen) atoms. The molecule has 1 aromatic rings. The van der Waals surface area contributed by atoms with Crippen LogP contribution >= 0.6 is 0 Å². The maximum Gasteiger partial charge on any atom is 0.0414 e. The molecule has 1 unspecified atom stereocenters. The van der Waals surface area contributed by atoms with Crippen molar-refractivity contribution in [2.45, 2.75) is 45.6 Å². The van der Waals surface area contributed by atoms with Crippen molar-refractivity contribution in [3.05, 3.63) is 29.8 Å². The quantitative estimate of drug-likeness (QED) is 0.861. The van der Waals surface area contributed by atoms with E-state index in [9.17, 15) is 0 Å². The van der Waals surface area contributed by atoms with Gasteiger partial charge in [-0.2, -0.15) is 0 Å². The fourth-order valence-corrected chi connectivity index (χ4v) is 3.17. The van der Waals surface area contributed by atoms with Gasteiger partial charge in [-0.3, -0.25) is 0 Å². The summed E-state index contributed by atoms with van der Waals surface area (Å²) in [4.78, 5) is 2.58. The second-order valence-corrected chi connectivity index (χ2v) is 5.79. The van der Waals surface area contributed by atoms with Crippen LogP contribution in [0.4, 0.5) is 5.69 Å². The molecule has 1 atom stereocenters. The minimum Gasteiger partial charge on any atom is -0.371 e. The first-order valence-electron chi connectivity index (χ1n) is 7.77. The maximum atomic E-state index is 3.36. The van der Waals surface area contributed by atoms with Gasteiger partial charge in [-0.25, -0.2) is 0 Å². The highest BCUT2D eigenvalue weighted by Crippen LogP contribution is 2.30. The molecule has 0 aliphatic carbocycles. The van der Waals surface area contributed by atoms with Crippen LogP contribution in [-0.4, -0.2) is 20.1 Å². The van der Waals surface area contributed by atoms with Crippen LogP contribution < -0.4 is 10.2 Å². The Balaban J connectivity index is 2.07. The van der Waals surface area contributed by atoms with Crippen LogP contribution in [0, 0.1) is 5.92 Å². The van der Waals surface area contributed by atoms with Gasteiger partial charge in [-0.1, -0.05) is 38.0 Å². The first kappa shape index (κ1) is 14.4. The normalized spacial score (nSPS) is 18.6. The first-order valence-corrected chi connectivity index (χ1v) is 7.77. The van der Waals surface area contributed by atoms with Crippen LogP contribution in [-0.2, 0) is 0 Å². The van der Waals surface area contributed by atoms with Gasteiger partial charge in [0.2, 0.25) is 0 Å². The third kappa shape index (κ3) is 3.50. The summed E-state index contributed by atoms with van der Waals surface area (Å²) < 4.78 is 0. The molecule has 2 rings (SSSR count). The van der Waals surface area contributed by atoms with Gasteiger partial charge in [-0.15, -0.1) is 0 Å². The van der Waals surface area contributed by atoms with Gasteiger partial charge in [0.1, 0.15) is 0 Å².